The molecule has 8 nitrogen and oxygen atoms in total. The Morgan fingerprint density at radius 3 is 2.47 bits per heavy atom. The molecule has 4 rings (SSSR count). The fraction of sp³-hybridized carbons (Fsp3) is 0.192. The van der Waals surface area contributed by atoms with Crippen LogP contribution in [0, 0.1) is 6.92 Å². The van der Waals surface area contributed by atoms with Gasteiger partial charge < -0.3 is 14.2 Å². The molecule has 0 radical (unpaired) electrons. The van der Waals surface area contributed by atoms with Gasteiger partial charge in [-0.05, 0) is 60.9 Å². The van der Waals surface area contributed by atoms with Crippen molar-refractivity contribution >= 4 is 23.0 Å². The molecule has 1 aliphatic heterocycles. The molecule has 0 bridgehead atoms. The number of hydrogen-bond acceptors (Lipinski definition) is 7. The first-order valence-corrected chi connectivity index (χ1v) is 10.8. The fourth-order valence-electron chi connectivity index (χ4n) is 3.70. The topological polar surface area (TPSA) is 93.5 Å². The lowest BCUT2D eigenvalue weighted by Gasteiger charge is -2.15. The molecule has 1 heterocycles. The maximum absolute atomic E-state index is 12.6. The molecule has 1 aliphatic rings. The van der Waals surface area contributed by atoms with Crippen LogP contribution in [0.5, 0.6) is 17.2 Å². The minimum absolute atomic E-state index is 0.121. The number of nitrogens with zero attached hydrogens (tertiary/aromatic N) is 2. The van der Waals surface area contributed by atoms with Gasteiger partial charge in [0.25, 0.3) is 5.91 Å². The highest BCUT2D eigenvalue weighted by atomic mass is 16.5. The summed E-state index contributed by atoms with van der Waals surface area (Å²) in [5, 5.41) is 8.60. The molecule has 174 valence electrons. The number of amides is 1. The first kappa shape index (κ1) is 22.8. The molecular formula is C26H26N4O4. The molecule has 0 spiro atoms. The van der Waals surface area contributed by atoms with Gasteiger partial charge in [0.1, 0.15) is 23.0 Å². The summed E-state index contributed by atoms with van der Waals surface area (Å²) in [7, 11) is 3.12. The molecule has 0 aliphatic carbocycles. The number of rotatable bonds is 8. The molecule has 0 fully saturated rings. The van der Waals surface area contributed by atoms with Gasteiger partial charge in [-0.1, -0.05) is 30.3 Å². The van der Waals surface area contributed by atoms with Crippen LogP contribution in [-0.2, 0) is 4.79 Å². The van der Waals surface area contributed by atoms with Crippen LogP contribution in [0.2, 0.25) is 0 Å². The molecule has 0 saturated heterocycles. The second-order valence-corrected chi connectivity index (χ2v) is 7.50. The largest absolute Gasteiger partial charge is 0.497 e. The normalized spacial score (nSPS) is 13.9. The molecule has 34 heavy (non-hydrogen) atoms. The fourth-order valence-corrected chi connectivity index (χ4v) is 3.70. The van der Waals surface area contributed by atoms with Crippen molar-refractivity contribution in [2.75, 3.05) is 26.3 Å². The third kappa shape index (κ3) is 4.56. The van der Waals surface area contributed by atoms with Gasteiger partial charge in [-0.25, -0.2) is 5.43 Å². The third-order valence-electron chi connectivity index (χ3n) is 5.37. The van der Waals surface area contributed by atoms with E-state index in [4.69, 9.17) is 14.2 Å². The molecule has 0 saturated carbocycles. The smallest absolute Gasteiger partial charge is 0.294 e. The molecule has 3 aromatic rings. The number of benzene rings is 3. The number of hydrogen-bond donors (Lipinski definition) is 2. The standard InChI is InChI=1S/C26H26N4O4/c1-5-34-23-13-16(2)19(17-9-7-6-8-10-17)15-21(23)27-29-25-24(28-30-26(25)31)20-14-18(32-3)11-12-22(20)33-4/h6-15,27H,5H2,1-4H3,(H,29,30,31). The van der Waals surface area contributed by atoms with Crippen molar-refractivity contribution in [1.82, 2.24) is 5.43 Å². The number of anilines is 1. The van der Waals surface area contributed by atoms with E-state index in [1.807, 2.05) is 56.3 Å². The van der Waals surface area contributed by atoms with E-state index in [0.717, 1.165) is 16.7 Å². The first-order valence-electron chi connectivity index (χ1n) is 10.8. The third-order valence-corrected chi connectivity index (χ3v) is 5.37. The van der Waals surface area contributed by atoms with E-state index in [2.05, 4.69) is 21.1 Å². The zero-order valence-electron chi connectivity index (χ0n) is 19.5. The van der Waals surface area contributed by atoms with E-state index in [1.54, 1.807) is 32.4 Å². The van der Waals surface area contributed by atoms with Crippen LogP contribution >= 0.6 is 0 Å². The Balaban J connectivity index is 1.73. The second-order valence-electron chi connectivity index (χ2n) is 7.50. The van der Waals surface area contributed by atoms with Gasteiger partial charge >= 0.3 is 0 Å². The average Bonchev–Trinajstić information content (AvgIpc) is 3.23. The van der Waals surface area contributed by atoms with E-state index in [9.17, 15) is 4.79 Å². The lowest BCUT2D eigenvalue weighted by atomic mass is 9.99. The average molecular weight is 459 g/mol. The molecule has 8 heteroatoms. The monoisotopic (exact) mass is 458 g/mol. The highest BCUT2D eigenvalue weighted by molar-refractivity contribution is 6.72. The highest BCUT2D eigenvalue weighted by Gasteiger charge is 2.29. The van der Waals surface area contributed by atoms with Gasteiger partial charge in [-0.2, -0.15) is 10.2 Å². The van der Waals surface area contributed by atoms with Crippen LogP contribution in [0.25, 0.3) is 11.1 Å². The number of hydrazone groups is 2. The molecule has 1 amide bonds. The van der Waals surface area contributed by atoms with Crippen molar-refractivity contribution in [3.05, 3.63) is 71.8 Å². The van der Waals surface area contributed by atoms with Crippen molar-refractivity contribution in [1.29, 1.82) is 0 Å². The summed E-state index contributed by atoms with van der Waals surface area (Å²) in [6.45, 7) is 4.44. The lowest BCUT2D eigenvalue weighted by Crippen LogP contribution is -2.25. The zero-order chi connectivity index (χ0) is 24.1. The highest BCUT2D eigenvalue weighted by Crippen LogP contribution is 2.34. The maximum Gasteiger partial charge on any atom is 0.294 e. The van der Waals surface area contributed by atoms with Crippen molar-refractivity contribution in [3.8, 4) is 28.4 Å². The number of carbonyl (C=O) groups excluding carboxylic acids is 1. The summed E-state index contributed by atoms with van der Waals surface area (Å²) in [4.78, 5) is 12.6. The van der Waals surface area contributed by atoms with E-state index in [0.29, 0.717) is 40.8 Å². The maximum atomic E-state index is 12.6. The minimum Gasteiger partial charge on any atom is -0.497 e. The second kappa shape index (κ2) is 10.1. The molecule has 0 aromatic heterocycles. The summed E-state index contributed by atoms with van der Waals surface area (Å²) < 4.78 is 16.6. The summed E-state index contributed by atoms with van der Waals surface area (Å²) in [6.07, 6.45) is 0. The van der Waals surface area contributed by atoms with Crippen LogP contribution in [0.15, 0.2) is 70.9 Å². The number of methoxy groups -OCH3 is 2. The minimum atomic E-state index is -0.430. The van der Waals surface area contributed by atoms with Crippen molar-refractivity contribution in [3.63, 3.8) is 0 Å². The number of aryl methyl sites for hydroxylation is 1. The van der Waals surface area contributed by atoms with Gasteiger partial charge in [0.2, 0.25) is 0 Å². The van der Waals surface area contributed by atoms with Gasteiger partial charge in [-0.3, -0.25) is 10.2 Å². The predicted octanol–water partition coefficient (Wildman–Crippen LogP) is 4.38. The Bertz CT molecular complexity index is 1270. The summed E-state index contributed by atoms with van der Waals surface area (Å²) in [6, 6.07) is 19.3. The SMILES string of the molecule is CCOc1cc(C)c(-c2ccccc2)cc1N/N=C1/C(=O)NN=C1c1cc(OC)ccc1OC. The van der Waals surface area contributed by atoms with Crippen LogP contribution in [0.3, 0.4) is 0 Å². The van der Waals surface area contributed by atoms with Gasteiger partial charge in [0, 0.05) is 0 Å². The van der Waals surface area contributed by atoms with Crippen LogP contribution in [0.1, 0.15) is 18.1 Å². The van der Waals surface area contributed by atoms with Crippen LogP contribution in [-0.4, -0.2) is 38.2 Å². The van der Waals surface area contributed by atoms with Crippen molar-refractivity contribution in [2.45, 2.75) is 13.8 Å². The Labute approximate surface area is 198 Å². The number of ether oxygens (including phenoxy) is 3. The Kier molecular flexibility index (Phi) is 6.77. The Morgan fingerprint density at radius 2 is 1.76 bits per heavy atom. The van der Waals surface area contributed by atoms with E-state index < -0.39 is 5.91 Å². The lowest BCUT2D eigenvalue weighted by molar-refractivity contribution is -0.114. The summed E-state index contributed by atoms with van der Waals surface area (Å²) >= 11 is 0. The van der Waals surface area contributed by atoms with E-state index >= 15 is 0 Å². The predicted molar refractivity (Wildman–Crippen MR) is 133 cm³/mol. The van der Waals surface area contributed by atoms with Crippen LogP contribution < -0.4 is 25.1 Å². The van der Waals surface area contributed by atoms with Gasteiger partial charge in [0.05, 0.1) is 32.1 Å². The van der Waals surface area contributed by atoms with Crippen molar-refractivity contribution in [2.24, 2.45) is 10.2 Å². The number of carbonyl (C=O) groups is 1. The zero-order valence-corrected chi connectivity index (χ0v) is 19.5. The van der Waals surface area contributed by atoms with E-state index in [1.165, 1.54) is 0 Å². The Morgan fingerprint density at radius 1 is 0.971 bits per heavy atom. The van der Waals surface area contributed by atoms with E-state index in [-0.39, 0.29) is 5.71 Å². The quantitative estimate of drug-likeness (QED) is 0.489. The van der Waals surface area contributed by atoms with Gasteiger partial charge in [-0.15, -0.1) is 0 Å². The molecule has 0 unspecified atom stereocenters. The Hall–Kier alpha value is -4.33. The summed E-state index contributed by atoms with van der Waals surface area (Å²) in [5.74, 6) is 1.36. The van der Waals surface area contributed by atoms with Gasteiger partial charge in [0.15, 0.2) is 5.71 Å². The molecule has 2 N–H and O–H groups in total. The first-order chi connectivity index (χ1) is 16.5. The molecule has 3 aromatic carbocycles. The van der Waals surface area contributed by atoms with Crippen LogP contribution in [0.4, 0.5) is 5.69 Å². The van der Waals surface area contributed by atoms with Crippen molar-refractivity contribution < 1.29 is 19.0 Å². The molecule has 0 atom stereocenters. The molecular weight excluding hydrogens is 432 g/mol. The number of nitrogens with one attached hydrogen (secondary N) is 2. The summed E-state index contributed by atoms with van der Waals surface area (Å²) in [5.41, 5.74) is 10.4.